The molecule has 0 aromatic carbocycles. The molecule has 0 spiro atoms. The first-order valence-electron chi connectivity index (χ1n) is 3.61. The van der Waals surface area contributed by atoms with Crippen LogP contribution in [0.2, 0.25) is 0 Å². The van der Waals surface area contributed by atoms with E-state index in [0.29, 0.717) is 11.8 Å². The summed E-state index contributed by atoms with van der Waals surface area (Å²) in [7, 11) is 0. The Morgan fingerprint density at radius 2 is 2.33 bits per heavy atom. The van der Waals surface area contributed by atoms with Gasteiger partial charge in [0.05, 0.1) is 0 Å². The van der Waals surface area contributed by atoms with Gasteiger partial charge >= 0.3 is 0 Å². The van der Waals surface area contributed by atoms with Crippen molar-refractivity contribution in [2.75, 3.05) is 0 Å². The fourth-order valence-electron chi connectivity index (χ4n) is 1.22. The van der Waals surface area contributed by atoms with Gasteiger partial charge in [-0.15, -0.1) is 0 Å². The molecule has 1 rings (SSSR count). The average molecular weight is 122 g/mol. The molecule has 0 heteroatoms. The molecule has 0 aromatic rings. The molecule has 0 saturated carbocycles. The molecule has 0 fully saturated rings. The van der Waals surface area contributed by atoms with Crippen LogP contribution >= 0.6 is 0 Å². The minimum atomic E-state index is 0.412. The van der Waals surface area contributed by atoms with Gasteiger partial charge in [0.1, 0.15) is 0 Å². The highest BCUT2D eigenvalue weighted by Gasteiger charge is 2.15. The van der Waals surface area contributed by atoms with Gasteiger partial charge in [-0.2, -0.15) is 0 Å². The molecule has 1 aliphatic carbocycles. The first-order chi connectivity index (χ1) is 4.20. The Morgan fingerprint density at radius 3 is 2.78 bits per heavy atom. The van der Waals surface area contributed by atoms with Gasteiger partial charge in [0.2, 0.25) is 0 Å². The van der Waals surface area contributed by atoms with Crippen LogP contribution in [-0.4, -0.2) is 0 Å². The minimum Gasteiger partial charge on any atom is -0.0853 e. The number of allylic oxidation sites excluding steroid dienone is 2. The van der Waals surface area contributed by atoms with Gasteiger partial charge in [0.25, 0.3) is 0 Å². The van der Waals surface area contributed by atoms with Crippen molar-refractivity contribution < 1.29 is 0 Å². The van der Waals surface area contributed by atoms with Crippen molar-refractivity contribution in [1.82, 2.24) is 0 Å². The molecular formula is C9H14. The standard InChI is InChI=1S/C9H14/c1-7-4-5-8(2)9(3)6-7/h3-4,8-9H,5-6H2,1-2H3. The van der Waals surface area contributed by atoms with Gasteiger partial charge in [-0.3, -0.25) is 0 Å². The first kappa shape index (κ1) is 6.85. The lowest BCUT2D eigenvalue weighted by atomic mass is 9.83. The fraction of sp³-hybridized carbons (Fsp3) is 0.667. The number of hydrogen-bond acceptors (Lipinski definition) is 0. The molecule has 0 N–H and O–H groups in total. The maximum atomic E-state index is 5.83. The van der Waals surface area contributed by atoms with Crippen LogP contribution in [0.3, 0.4) is 0 Å². The maximum Gasteiger partial charge on any atom is -0.0289 e. The van der Waals surface area contributed by atoms with E-state index in [4.69, 9.17) is 6.92 Å². The summed E-state index contributed by atoms with van der Waals surface area (Å²) in [6, 6.07) is 0. The zero-order valence-electron chi connectivity index (χ0n) is 6.22. The number of hydrogen-bond donors (Lipinski definition) is 0. The van der Waals surface area contributed by atoms with Gasteiger partial charge in [0.15, 0.2) is 0 Å². The second kappa shape index (κ2) is 2.55. The van der Waals surface area contributed by atoms with Gasteiger partial charge in [0, 0.05) is 0 Å². The highest BCUT2D eigenvalue weighted by Crippen LogP contribution is 2.27. The van der Waals surface area contributed by atoms with E-state index in [1.165, 1.54) is 12.0 Å². The van der Waals surface area contributed by atoms with E-state index in [2.05, 4.69) is 19.9 Å². The lowest BCUT2D eigenvalue weighted by molar-refractivity contribution is 0.406. The summed E-state index contributed by atoms with van der Waals surface area (Å²) in [5.74, 6) is 1.10. The van der Waals surface area contributed by atoms with Crippen LogP contribution in [0.25, 0.3) is 0 Å². The normalized spacial score (nSPS) is 36.1. The minimum absolute atomic E-state index is 0.412. The van der Waals surface area contributed by atoms with Gasteiger partial charge in [-0.25, -0.2) is 0 Å². The van der Waals surface area contributed by atoms with E-state index in [1.54, 1.807) is 0 Å². The highest BCUT2D eigenvalue weighted by atomic mass is 14.2. The van der Waals surface area contributed by atoms with Crippen molar-refractivity contribution >= 4 is 0 Å². The van der Waals surface area contributed by atoms with Gasteiger partial charge in [-0.05, 0) is 38.5 Å². The summed E-state index contributed by atoms with van der Waals surface area (Å²) < 4.78 is 0. The molecular weight excluding hydrogens is 108 g/mol. The van der Waals surface area contributed by atoms with Crippen LogP contribution in [0.15, 0.2) is 11.6 Å². The molecule has 0 amide bonds. The summed E-state index contributed by atoms with van der Waals surface area (Å²) in [4.78, 5) is 0. The summed E-state index contributed by atoms with van der Waals surface area (Å²) in [5.41, 5.74) is 1.46. The molecule has 2 atom stereocenters. The SMILES string of the molecule is [CH]C1CC(C)=CCC1C. The average Bonchev–Trinajstić information content (AvgIpc) is 1.80. The second-order valence-electron chi connectivity index (χ2n) is 3.13. The molecule has 0 saturated heterocycles. The highest BCUT2D eigenvalue weighted by molar-refractivity contribution is 5.05. The van der Waals surface area contributed by atoms with Crippen molar-refractivity contribution in [1.29, 1.82) is 0 Å². The summed E-state index contributed by atoms with van der Waals surface area (Å²) in [6.07, 6.45) is 4.57. The van der Waals surface area contributed by atoms with Gasteiger partial charge < -0.3 is 0 Å². The molecule has 50 valence electrons. The first-order valence-corrected chi connectivity index (χ1v) is 3.61. The predicted molar refractivity (Wildman–Crippen MR) is 39.9 cm³/mol. The maximum absolute atomic E-state index is 5.83. The zero-order valence-corrected chi connectivity index (χ0v) is 6.22. The molecule has 2 radical (unpaired) electrons. The van der Waals surface area contributed by atoms with Crippen LogP contribution in [-0.2, 0) is 0 Å². The molecule has 9 heavy (non-hydrogen) atoms. The molecule has 1 aliphatic rings. The summed E-state index contributed by atoms with van der Waals surface area (Å²) >= 11 is 0. The summed E-state index contributed by atoms with van der Waals surface area (Å²) in [6.45, 7) is 10.2. The third kappa shape index (κ3) is 1.57. The quantitative estimate of drug-likeness (QED) is 0.433. The largest absolute Gasteiger partial charge is 0.0853 e. The smallest absolute Gasteiger partial charge is 0.0289 e. The second-order valence-corrected chi connectivity index (χ2v) is 3.13. The molecule has 0 nitrogen and oxygen atoms in total. The Labute approximate surface area is 58.0 Å². The van der Waals surface area contributed by atoms with Crippen LogP contribution in [0.1, 0.15) is 26.7 Å². The van der Waals surface area contributed by atoms with E-state index < -0.39 is 0 Å². The third-order valence-electron chi connectivity index (χ3n) is 2.13. The summed E-state index contributed by atoms with van der Waals surface area (Å²) in [5, 5.41) is 0. The van der Waals surface area contributed by atoms with E-state index in [9.17, 15) is 0 Å². The van der Waals surface area contributed by atoms with Crippen molar-refractivity contribution in [3.63, 3.8) is 0 Å². The number of rotatable bonds is 0. The third-order valence-corrected chi connectivity index (χ3v) is 2.13. The topological polar surface area (TPSA) is 0 Å². The molecule has 0 aromatic heterocycles. The molecule has 0 heterocycles. The van der Waals surface area contributed by atoms with Gasteiger partial charge in [-0.1, -0.05) is 18.6 Å². The monoisotopic (exact) mass is 122 g/mol. The van der Waals surface area contributed by atoms with Crippen LogP contribution < -0.4 is 0 Å². The van der Waals surface area contributed by atoms with Crippen molar-refractivity contribution in [3.8, 4) is 0 Å². The van der Waals surface area contributed by atoms with Crippen molar-refractivity contribution in [2.24, 2.45) is 11.8 Å². The fourth-order valence-corrected chi connectivity index (χ4v) is 1.22. The van der Waals surface area contributed by atoms with Crippen molar-refractivity contribution in [2.45, 2.75) is 26.7 Å². The van der Waals surface area contributed by atoms with E-state index in [-0.39, 0.29) is 0 Å². The van der Waals surface area contributed by atoms with E-state index >= 15 is 0 Å². The lowest BCUT2D eigenvalue weighted by Crippen LogP contribution is -2.11. The Kier molecular flexibility index (Phi) is 1.94. The Hall–Kier alpha value is -0.260. The molecule has 0 bridgehead atoms. The zero-order chi connectivity index (χ0) is 6.85. The lowest BCUT2D eigenvalue weighted by Gasteiger charge is -2.23. The Bertz CT molecular complexity index is 122. The van der Waals surface area contributed by atoms with E-state index in [1.807, 2.05) is 0 Å². The van der Waals surface area contributed by atoms with Crippen LogP contribution in [0.4, 0.5) is 0 Å². The van der Waals surface area contributed by atoms with Crippen LogP contribution in [0.5, 0.6) is 0 Å². The molecule has 2 unspecified atom stereocenters. The predicted octanol–water partition coefficient (Wildman–Crippen LogP) is 2.69. The van der Waals surface area contributed by atoms with Crippen LogP contribution in [0, 0.1) is 18.8 Å². The molecule has 0 aliphatic heterocycles. The van der Waals surface area contributed by atoms with E-state index in [0.717, 1.165) is 6.42 Å². The Balaban J connectivity index is 2.54. The van der Waals surface area contributed by atoms with Crippen molar-refractivity contribution in [3.05, 3.63) is 18.6 Å². The Morgan fingerprint density at radius 1 is 1.67 bits per heavy atom.